The van der Waals surface area contributed by atoms with Crippen molar-refractivity contribution >= 4 is 11.0 Å². The van der Waals surface area contributed by atoms with E-state index in [1.54, 1.807) is 23.0 Å². The largest absolute Gasteiger partial charge is 0.317 e. The Balaban J connectivity index is 1.72. The summed E-state index contributed by atoms with van der Waals surface area (Å²) in [7, 11) is 1.88. The van der Waals surface area contributed by atoms with Crippen molar-refractivity contribution in [3.05, 3.63) is 96.0 Å². The maximum atomic E-state index is 13.6. The van der Waals surface area contributed by atoms with Gasteiger partial charge in [-0.05, 0) is 48.9 Å². The van der Waals surface area contributed by atoms with Gasteiger partial charge < -0.3 is 4.57 Å². The Hall–Kier alpha value is -3.87. The molecule has 3 heterocycles. The fraction of sp³-hybridized carbons (Fsp3) is 0.130. The molecule has 0 radical (unpaired) electrons. The fourth-order valence-electron chi connectivity index (χ4n) is 3.89. The second-order valence-corrected chi connectivity index (χ2v) is 7.21. The molecule has 0 spiro atoms. The Morgan fingerprint density at radius 2 is 1.80 bits per heavy atom. The molecule has 0 saturated heterocycles. The molecule has 7 heteroatoms. The second-order valence-electron chi connectivity index (χ2n) is 7.21. The Bertz CT molecular complexity index is 1300. The lowest BCUT2D eigenvalue weighted by Gasteiger charge is -2.20. The van der Waals surface area contributed by atoms with Crippen LogP contribution in [-0.2, 0) is 7.05 Å². The standard InChI is InChI=1S/C23H19FN6/c1-15-22(29(2)28-27-15)17-8-11-19-21(13-17)30(14-26-19)23(20-5-3-4-12-25-20)16-6-9-18(24)10-7-16/h3-14,23H,1-2H3/t23-/m1/s1. The van der Waals surface area contributed by atoms with Crippen LogP contribution < -0.4 is 0 Å². The first-order chi connectivity index (χ1) is 14.6. The van der Waals surface area contributed by atoms with Gasteiger partial charge in [-0.25, -0.2) is 14.1 Å². The molecule has 0 unspecified atom stereocenters. The highest BCUT2D eigenvalue weighted by Crippen LogP contribution is 2.31. The average molecular weight is 398 g/mol. The molecule has 148 valence electrons. The van der Waals surface area contributed by atoms with Gasteiger partial charge in [0.15, 0.2) is 0 Å². The van der Waals surface area contributed by atoms with Gasteiger partial charge in [0.2, 0.25) is 0 Å². The first kappa shape index (κ1) is 18.2. The SMILES string of the molecule is Cc1nnn(C)c1-c1ccc2ncn([C@H](c3ccc(F)cc3)c3ccccn3)c2c1. The Morgan fingerprint density at radius 1 is 0.967 bits per heavy atom. The molecule has 0 fully saturated rings. The van der Waals surface area contributed by atoms with E-state index in [-0.39, 0.29) is 11.9 Å². The highest BCUT2D eigenvalue weighted by atomic mass is 19.1. The van der Waals surface area contributed by atoms with Crippen LogP contribution in [0.5, 0.6) is 0 Å². The summed E-state index contributed by atoms with van der Waals surface area (Å²) in [6, 6.07) is 18.2. The van der Waals surface area contributed by atoms with Gasteiger partial charge in [-0.2, -0.15) is 0 Å². The van der Waals surface area contributed by atoms with Crippen LogP contribution in [-0.4, -0.2) is 29.5 Å². The summed E-state index contributed by atoms with van der Waals surface area (Å²) in [6.45, 7) is 1.94. The molecule has 6 nitrogen and oxygen atoms in total. The predicted octanol–water partition coefficient (Wildman–Crippen LogP) is 4.31. The fourth-order valence-corrected chi connectivity index (χ4v) is 3.89. The van der Waals surface area contributed by atoms with Crippen LogP contribution in [0.3, 0.4) is 0 Å². The van der Waals surface area contributed by atoms with Crippen molar-refractivity contribution in [2.24, 2.45) is 7.05 Å². The quantitative estimate of drug-likeness (QED) is 0.453. The van der Waals surface area contributed by atoms with E-state index in [2.05, 4.69) is 30.9 Å². The lowest BCUT2D eigenvalue weighted by molar-refractivity contribution is 0.622. The smallest absolute Gasteiger partial charge is 0.123 e. The van der Waals surface area contributed by atoms with E-state index in [1.165, 1.54) is 12.1 Å². The van der Waals surface area contributed by atoms with Crippen molar-refractivity contribution in [1.29, 1.82) is 0 Å². The molecule has 5 rings (SSSR count). The summed E-state index contributed by atoms with van der Waals surface area (Å²) in [6.07, 6.45) is 3.58. The molecule has 1 atom stereocenters. The first-order valence-corrected chi connectivity index (χ1v) is 9.61. The minimum Gasteiger partial charge on any atom is -0.317 e. The van der Waals surface area contributed by atoms with E-state index in [4.69, 9.17) is 0 Å². The van der Waals surface area contributed by atoms with Gasteiger partial charge >= 0.3 is 0 Å². The number of imidazole rings is 1. The average Bonchev–Trinajstić information content (AvgIpc) is 3.33. The summed E-state index contributed by atoms with van der Waals surface area (Å²) in [5.41, 5.74) is 6.43. The van der Waals surface area contributed by atoms with E-state index >= 15 is 0 Å². The molecule has 0 bridgehead atoms. The number of rotatable bonds is 4. The maximum Gasteiger partial charge on any atom is 0.123 e. The molecular formula is C23H19FN6. The number of nitrogens with zero attached hydrogens (tertiary/aromatic N) is 6. The minimum absolute atomic E-state index is 0.238. The second kappa shape index (κ2) is 7.18. The van der Waals surface area contributed by atoms with Gasteiger partial charge in [0, 0.05) is 18.8 Å². The Labute approximate surface area is 172 Å². The van der Waals surface area contributed by atoms with E-state index < -0.39 is 0 Å². The molecule has 2 aromatic carbocycles. The number of hydrogen-bond donors (Lipinski definition) is 0. The first-order valence-electron chi connectivity index (χ1n) is 9.61. The molecule has 0 amide bonds. The molecule has 3 aromatic heterocycles. The summed E-state index contributed by atoms with van der Waals surface area (Å²) in [4.78, 5) is 9.17. The van der Waals surface area contributed by atoms with Crippen LogP contribution in [0.1, 0.15) is 23.0 Å². The molecule has 0 aliphatic rings. The third kappa shape index (κ3) is 3.04. The van der Waals surface area contributed by atoms with Crippen LogP contribution in [0.4, 0.5) is 4.39 Å². The van der Waals surface area contributed by atoms with Gasteiger partial charge in [-0.15, -0.1) is 5.10 Å². The van der Waals surface area contributed by atoms with Gasteiger partial charge in [-0.3, -0.25) is 4.98 Å². The van der Waals surface area contributed by atoms with Crippen LogP contribution in [0.2, 0.25) is 0 Å². The predicted molar refractivity (Wildman–Crippen MR) is 112 cm³/mol. The number of aromatic nitrogens is 6. The highest BCUT2D eigenvalue weighted by molar-refractivity contribution is 5.82. The summed E-state index contributed by atoms with van der Waals surface area (Å²) in [5, 5.41) is 8.29. The van der Waals surface area contributed by atoms with Crippen LogP contribution in [0.25, 0.3) is 22.3 Å². The molecule has 0 aliphatic heterocycles. The Morgan fingerprint density at radius 3 is 2.50 bits per heavy atom. The molecular weight excluding hydrogens is 379 g/mol. The Kier molecular flexibility index (Phi) is 4.35. The zero-order valence-electron chi connectivity index (χ0n) is 16.6. The van der Waals surface area contributed by atoms with Gasteiger partial charge in [0.1, 0.15) is 11.9 Å². The number of benzene rings is 2. The number of hydrogen-bond acceptors (Lipinski definition) is 4. The van der Waals surface area contributed by atoms with Crippen molar-refractivity contribution in [3.63, 3.8) is 0 Å². The van der Waals surface area contributed by atoms with Crippen molar-refractivity contribution in [3.8, 4) is 11.3 Å². The van der Waals surface area contributed by atoms with Gasteiger partial charge in [-0.1, -0.05) is 29.5 Å². The summed E-state index contributed by atoms with van der Waals surface area (Å²) >= 11 is 0. The zero-order chi connectivity index (χ0) is 20.7. The summed E-state index contributed by atoms with van der Waals surface area (Å²) in [5.74, 6) is -0.268. The monoisotopic (exact) mass is 398 g/mol. The van der Waals surface area contributed by atoms with Crippen molar-refractivity contribution in [2.75, 3.05) is 0 Å². The zero-order valence-corrected chi connectivity index (χ0v) is 16.6. The van der Waals surface area contributed by atoms with Gasteiger partial charge in [0.25, 0.3) is 0 Å². The van der Waals surface area contributed by atoms with Crippen molar-refractivity contribution in [2.45, 2.75) is 13.0 Å². The summed E-state index contributed by atoms with van der Waals surface area (Å²) < 4.78 is 17.4. The normalized spacial score (nSPS) is 12.4. The minimum atomic E-state index is -0.268. The van der Waals surface area contributed by atoms with Gasteiger partial charge in [0.05, 0.1) is 34.4 Å². The van der Waals surface area contributed by atoms with Crippen LogP contribution >= 0.6 is 0 Å². The molecule has 0 saturated carbocycles. The third-order valence-corrected chi connectivity index (χ3v) is 5.28. The number of halogens is 1. The van der Waals surface area contributed by atoms with Crippen molar-refractivity contribution in [1.82, 2.24) is 29.5 Å². The van der Waals surface area contributed by atoms with Crippen LogP contribution in [0.15, 0.2) is 73.2 Å². The van der Waals surface area contributed by atoms with E-state index in [0.717, 1.165) is 39.2 Å². The lowest BCUT2D eigenvalue weighted by Crippen LogP contribution is -2.13. The molecule has 5 aromatic rings. The van der Waals surface area contributed by atoms with E-state index in [0.29, 0.717) is 0 Å². The van der Waals surface area contributed by atoms with E-state index in [1.807, 2.05) is 50.6 Å². The molecule has 30 heavy (non-hydrogen) atoms. The van der Waals surface area contributed by atoms with Crippen molar-refractivity contribution < 1.29 is 4.39 Å². The topological polar surface area (TPSA) is 61.4 Å². The number of aryl methyl sites for hydroxylation is 2. The highest BCUT2D eigenvalue weighted by Gasteiger charge is 2.21. The van der Waals surface area contributed by atoms with E-state index in [9.17, 15) is 4.39 Å². The number of pyridine rings is 1. The molecule has 0 aliphatic carbocycles. The lowest BCUT2D eigenvalue weighted by atomic mass is 10.0. The maximum absolute atomic E-state index is 13.6. The van der Waals surface area contributed by atoms with Crippen LogP contribution in [0, 0.1) is 12.7 Å². The third-order valence-electron chi connectivity index (χ3n) is 5.28. The molecule has 0 N–H and O–H groups in total. The number of fused-ring (bicyclic) bond motifs is 1.